The van der Waals surface area contributed by atoms with Crippen molar-refractivity contribution < 1.29 is 25.9 Å². The highest BCUT2D eigenvalue weighted by atomic mass is 32.2. The zero-order chi connectivity index (χ0) is 10.1. The fourth-order valence-electron chi connectivity index (χ4n) is 0.628. The smallest absolute Gasteiger partial charge is 0.288 e. The standard InChI is InChI=1S/C4H3F3N2O3S/c5-4(6,7)3-8-1-2-9(3)12-13(10)11/h1-2,13H. The molecule has 0 N–H and O–H groups in total. The quantitative estimate of drug-likeness (QED) is 0.699. The molecule has 0 fully saturated rings. The molecule has 0 aliphatic carbocycles. The molecule has 0 unspecified atom stereocenters. The molecule has 0 saturated heterocycles. The number of imidazole rings is 1. The van der Waals surface area contributed by atoms with Gasteiger partial charge in [-0.2, -0.15) is 21.6 Å². The molecule has 0 aliphatic rings. The van der Waals surface area contributed by atoms with E-state index in [1.54, 1.807) is 0 Å². The maximum Gasteiger partial charge on any atom is 0.453 e. The van der Waals surface area contributed by atoms with E-state index in [1.807, 2.05) is 0 Å². The van der Waals surface area contributed by atoms with Gasteiger partial charge in [-0.05, 0) is 0 Å². The third-order valence-corrected chi connectivity index (χ3v) is 1.33. The summed E-state index contributed by atoms with van der Waals surface area (Å²) in [4.78, 5) is 2.89. The number of aromatic nitrogens is 2. The van der Waals surface area contributed by atoms with Crippen LogP contribution < -0.4 is 4.28 Å². The van der Waals surface area contributed by atoms with Crippen LogP contribution >= 0.6 is 0 Å². The molecule has 5 nitrogen and oxygen atoms in total. The van der Waals surface area contributed by atoms with Crippen molar-refractivity contribution in [2.24, 2.45) is 0 Å². The van der Waals surface area contributed by atoms with Crippen molar-refractivity contribution in [3.8, 4) is 0 Å². The fraction of sp³-hybridized carbons (Fsp3) is 0.250. The monoisotopic (exact) mass is 216 g/mol. The number of halogens is 3. The third kappa shape index (κ3) is 2.34. The average molecular weight is 216 g/mol. The Hall–Kier alpha value is -1.25. The zero-order valence-corrected chi connectivity index (χ0v) is 6.75. The molecule has 0 radical (unpaired) electrons. The molecule has 9 heteroatoms. The lowest BCUT2D eigenvalue weighted by Gasteiger charge is -2.05. The molecular formula is C4H3F3N2O3S. The third-order valence-electron chi connectivity index (χ3n) is 1.02. The van der Waals surface area contributed by atoms with Crippen molar-refractivity contribution in [2.45, 2.75) is 6.18 Å². The largest absolute Gasteiger partial charge is 0.453 e. The molecule has 13 heavy (non-hydrogen) atoms. The van der Waals surface area contributed by atoms with Crippen LogP contribution in [0.4, 0.5) is 13.2 Å². The van der Waals surface area contributed by atoms with E-state index in [0.29, 0.717) is 0 Å². The molecule has 0 saturated carbocycles. The van der Waals surface area contributed by atoms with E-state index in [0.717, 1.165) is 12.4 Å². The van der Waals surface area contributed by atoms with E-state index in [9.17, 15) is 21.6 Å². The summed E-state index contributed by atoms with van der Waals surface area (Å²) in [6.45, 7) is 0. The maximum absolute atomic E-state index is 12.0. The Bertz CT molecular complexity index is 361. The molecule has 0 aromatic carbocycles. The first-order valence-electron chi connectivity index (χ1n) is 2.84. The summed E-state index contributed by atoms with van der Waals surface area (Å²) in [5.41, 5.74) is 0. The van der Waals surface area contributed by atoms with Gasteiger partial charge in [0.25, 0.3) is 5.82 Å². The van der Waals surface area contributed by atoms with Crippen LogP contribution in [0.2, 0.25) is 0 Å². The van der Waals surface area contributed by atoms with Crippen molar-refractivity contribution in [3.63, 3.8) is 0 Å². The van der Waals surface area contributed by atoms with Gasteiger partial charge in [0.15, 0.2) is 0 Å². The summed E-state index contributed by atoms with van der Waals surface area (Å²) in [7, 11) is -3.39. The lowest BCUT2D eigenvalue weighted by molar-refractivity contribution is -0.151. The van der Waals surface area contributed by atoms with Crippen molar-refractivity contribution >= 4 is 11.0 Å². The number of rotatable bonds is 2. The summed E-state index contributed by atoms with van der Waals surface area (Å²) >= 11 is 0. The van der Waals surface area contributed by atoms with Crippen LogP contribution in [0, 0.1) is 0 Å². The van der Waals surface area contributed by atoms with Crippen LogP contribution in [-0.4, -0.2) is 18.1 Å². The second kappa shape index (κ2) is 3.24. The Morgan fingerprint density at radius 3 is 2.54 bits per heavy atom. The van der Waals surface area contributed by atoms with Gasteiger partial charge in [-0.25, -0.2) is 4.98 Å². The molecule has 1 aromatic rings. The van der Waals surface area contributed by atoms with Crippen molar-refractivity contribution in [2.75, 3.05) is 0 Å². The van der Waals surface area contributed by atoms with Crippen LogP contribution in [0.5, 0.6) is 0 Å². The molecule has 1 heterocycles. The summed E-state index contributed by atoms with van der Waals surface area (Å²) < 4.78 is 59.6. The number of thiol groups is 1. The summed E-state index contributed by atoms with van der Waals surface area (Å²) in [5.74, 6) is -1.42. The highest BCUT2D eigenvalue weighted by Crippen LogP contribution is 2.26. The van der Waals surface area contributed by atoms with Gasteiger partial charge >= 0.3 is 17.2 Å². The van der Waals surface area contributed by atoms with Crippen molar-refractivity contribution in [1.29, 1.82) is 0 Å². The minimum Gasteiger partial charge on any atom is -0.288 e. The summed E-state index contributed by atoms with van der Waals surface area (Å²) in [6.07, 6.45) is -3.22. The Kier molecular flexibility index (Phi) is 2.45. The van der Waals surface area contributed by atoms with Gasteiger partial charge < -0.3 is 0 Å². The molecule has 0 spiro atoms. The molecular weight excluding hydrogens is 213 g/mol. The number of nitrogens with zero attached hydrogens (tertiary/aromatic N) is 2. The van der Waals surface area contributed by atoms with Crippen LogP contribution in [0.3, 0.4) is 0 Å². The lowest BCUT2D eigenvalue weighted by atomic mass is 10.6. The fourth-order valence-corrected chi connectivity index (χ4v) is 0.903. The Morgan fingerprint density at radius 2 is 2.08 bits per heavy atom. The predicted octanol–water partition coefficient (Wildman–Crippen LogP) is -0.143. The normalized spacial score (nSPS) is 12.0. The topological polar surface area (TPSA) is 61.2 Å². The van der Waals surface area contributed by atoms with E-state index in [2.05, 4.69) is 9.27 Å². The second-order valence-electron chi connectivity index (χ2n) is 1.88. The number of alkyl halides is 3. The lowest BCUT2D eigenvalue weighted by Crippen LogP contribution is -2.19. The van der Waals surface area contributed by atoms with Crippen molar-refractivity contribution in [3.05, 3.63) is 18.2 Å². The zero-order valence-electron chi connectivity index (χ0n) is 5.85. The van der Waals surface area contributed by atoms with Crippen LogP contribution in [0.25, 0.3) is 0 Å². The van der Waals surface area contributed by atoms with Gasteiger partial charge in [0.05, 0.1) is 6.20 Å². The highest BCUT2D eigenvalue weighted by Gasteiger charge is 2.37. The highest BCUT2D eigenvalue weighted by molar-refractivity contribution is 7.67. The minimum absolute atomic E-state index is 0.0334. The summed E-state index contributed by atoms with van der Waals surface area (Å²) in [5, 5.41) is 0. The van der Waals surface area contributed by atoms with E-state index in [-0.39, 0.29) is 4.73 Å². The molecule has 0 bridgehead atoms. The van der Waals surface area contributed by atoms with Crippen LogP contribution in [0.1, 0.15) is 5.82 Å². The van der Waals surface area contributed by atoms with E-state index in [4.69, 9.17) is 0 Å². The van der Waals surface area contributed by atoms with Gasteiger partial charge in [-0.3, -0.25) is 4.28 Å². The molecule has 0 amide bonds. The molecule has 1 aromatic heterocycles. The Labute approximate surface area is 71.9 Å². The van der Waals surface area contributed by atoms with Crippen LogP contribution in [0.15, 0.2) is 12.4 Å². The molecule has 0 aliphatic heterocycles. The van der Waals surface area contributed by atoms with Gasteiger partial charge in [0.1, 0.15) is 0 Å². The first-order valence-corrected chi connectivity index (χ1v) is 3.94. The van der Waals surface area contributed by atoms with E-state index < -0.39 is 23.0 Å². The Morgan fingerprint density at radius 1 is 1.46 bits per heavy atom. The van der Waals surface area contributed by atoms with Crippen molar-refractivity contribution in [1.82, 2.24) is 9.71 Å². The second-order valence-corrected chi connectivity index (χ2v) is 2.49. The minimum atomic E-state index is -4.74. The molecule has 74 valence electrons. The Balaban J connectivity index is 3.03. The first kappa shape index (κ1) is 9.84. The van der Waals surface area contributed by atoms with E-state index in [1.165, 1.54) is 0 Å². The predicted molar refractivity (Wildman–Crippen MR) is 34.1 cm³/mol. The van der Waals surface area contributed by atoms with Gasteiger partial charge in [-0.15, -0.1) is 4.73 Å². The van der Waals surface area contributed by atoms with Crippen LogP contribution in [-0.2, 0) is 17.2 Å². The van der Waals surface area contributed by atoms with Gasteiger partial charge in [0.2, 0.25) is 0 Å². The summed E-state index contributed by atoms with van der Waals surface area (Å²) in [6, 6.07) is 0. The average Bonchev–Trinajstić information content (AvgIpc) is 2.31. The van der Waals surface area contributed by atoms with Gasteiger partial charge in [0, 0.05) is 6.20 Å². The molecule has 1 rings (SSSR count). The SMILES string of the molecule is O=[SH](=O)On1ccnc1C(F)(F)F. The van der Waals surface area contributed by atoms with E-state index >= 15 is 0 Å². The van der Waals surface area contributed by atoms with Gasteiger partial charge in [-0.1, -0.05) is 0 Å². The first-order chi connectivity index (χ1) is 5.91. The number of hydrogen-bond acceptors (Lipinski definition) is 4. The number of hydrogen-bond donors (Lipinski definition) is 1. The molecule has 0 atom stereocenters. The maximum atomic E-state index is 12.0.